The lowest BCUT2D eigenvalue weighted by Gasteiger charge is -2.14. The molecule has 2 aromatic carbocycles. The normalized spacial score (nSPS) is 18.5. The Hall–Kier alpha value is -0.890. The van der Waals surface area contributed by atoms with E-state index in [0.29, 0.717) is 10.0 Å². The third-order valence-corrected chi connectivity index (χ3v) is 4.79. The largest absolute Gasteiger partial charge is 0.490 e. The van der Waals surface area contributed by atoms with Crippen molar-refractivity contribution in [1.82, 2.24) is 0 Å². The molecule has 0 amide bonds. The fourth-order valence-corrected chi connectivity index (χ4v) is 3.29. The Morgan fingerprint density at radius 1 is 1.20 bits per heavy atom. The van der Waals surface area contributed by atoms with Gasteiger partial charge in [0.05, 0.1) is 15.4 Å². The fourth-order valence-electron chi connectivity index (χ4n) is 2.50. The molecule has 0 saturated heterocycles. The number of rotatable bonds is 2. The third-order valence-electron chi connectivity index (χ3n) is 3.47. The monoisotopic (exact) mass is 326 g/mol. The molecule has 2 unspecified atom stereocenters. The van der Waals surface area contributed by atoms with E-state index in [-0.39, 0.29) is 11.5 Å². The summed E-state index contributed by atoms with van der Waals surface area (Å²) in [6, 6.07) is 11.6. The minimum Gasteiger partial charge on any atom is -0.490 e. The van der Waals surface area contributed by atoms with Crippen LogP contribution >= 0.6 is 34.8 Å². The van der Waals surface area contributed by atoms with Gasteiger partial charge in [-0.3, -0.25) is 0 Å². The highest BCUT2D eigenvalue weighted by Gasteiger charge is 2.22. The van der Waals surface area contributed by atoms with Gasteiger partial charge in [-0.1, -0.05) is 47.5 Å². The predicted molar refractivity (Wildman–Crippen MR) is 84.4 cm³/mol. The summed E-state index contributed by atoms with van der Waals surface area (Å²) >= 11 is 18.8. The fraction of sp³-hybridized carbons (Fsp3) is 0.250. The summed E-state index contributed by atoms with van der Waals surface area (Å²) in [6.07, 6.45) is 1.14. The first-order chi connectivity index (χ1) is 9.56. The molecule has 0 radical (unpaired) electrons. The van der Waals surface area contributed by atoms with Gasteiger partial charge >= 0.3 is 0 Å². The average Bonchev–Trinajstić information content (AvgIpc) is 2.80. The zero-order valence-electron chi connectivity index (χ0n) is 10.9. The summed E-state index contributed by atoms with van der Waals surface area (Å²) in [5, 5.41) is 0.717. The minimum absolute atomic E-state index is 0.226. The van der Waals surface area contributed by atoms with E-state index in [0.717, 1.165) is 23.3 Å². The lowest BCUT2D eigenvalue weighted by atomic mass is 10.0. The van der Waals surface area contributed by atoms with Gasteiger partial charge in [-0.05, 0) is 35.7 Å². The van der Waals surface area contributed by atoms with E-state index in [9.17, 15) is 0 Å². The Kier molecular flexibility index (Phi) is 3.85. The van der Waals surface area contributed by atoms with Gasteiger partial charge in [0.1, 0.15) is 11.9 Å². The van der Waals surface area contributed by atoms with Crippen molar-refractivity contribution in [3.8, 4) is 5.75 Å². The van der Waals surface area contributed by atoms with Gasteiger partial charge in [-0.2, -0.15) is 0 Å². The Bertz CT molecular complexity index is 654. The molecule has 0 bridgehead atoms. The summed E-state index contributed by atoms with van der Waals surface area (Å²) in [5.74, 6) is 0.947. The first-order valence-electron chi connectivity index (χ1n) is 6.43. The number of fused-ring (bicyclic) bond motifs is 1. The van der Waals surface area contributed by atoms with E-state index in [1.807, 2.05) is 24.3 Å². The second kappa shape index (κ2) is 5.48. The van der Waals surface area contributed by atoms with Crippen LogP contribution < -0.4 is 4.74 Å². The number of alkyl halides is 1. The molecule has 0 spiro atoms. The molecule has 2 atom stereocenters. The van der Waals surface area contributed by atoms with E-state index in [4.69, 9.17) is 39.5 Å². The van der Waals surface area contributed by atoms with Crippen molar-refractivity contribution in [2.24, 2.45) is 0 Å². The molecule has 1 aliphatic rings. The van der Waals surface area contributed by atoms with Crippen molar-refractivity contribution >= 4 is 34.8 Å². The second-order valence-electron chi connectivity index (χ2n) is 5.01. The molecule has 2 aromatic rings. The number of halogens is 3. The van der Waals surface area contributed by atoms with Crippen molar-refractivity contribution in [3.63, 3.8) is 0 Å². The lowest BCUT2D eigenvalue weighted by Crippen LogP contribution is -2.05. The second-order valence-corrected chi connectivity index (χ2v) is 6.23. The number of hydrogen-bond donors (Lipinski definition) is 0. The van der Waals surface area contributed by atoms with Crippen LogP contribution in [0, 0.1) is 0 Å². The van der Waals surface area contributed by atoms with Crippen molar-refractivity contribution in [3.05, 3.63) is 63.1 Å². The molecule has 1 aliphatic heterocycles. The van der Waals surface area contributed by atoms with E-state index < -0.39 is 0 Å². The number of hydrogen-bond acceptors (Lipinski definition) is 1. The molecule has 104 valence electrons. The molecular weight excluding hydrogens is 315 g/mol. The van der Waals surface area contributed by atoms with Crippen LogP contribution in [0.25, 0.3) is 0 Å². The molecule has 0 saturated carbocycles. The summed E-state index contributed by atoms with van der Waals surface area (Å²) in [7, 11) is 0. The molecule has 0 aromatic heterocycles. The minimum atomic E-state index is -0.317. The first kappa shape index (κ1) is 14.1. The maximum Gasteiger partial charge on any atom is 0.123 e. The Balaban J connectivity index is 1.97. The van der Waals surface area contributed by atoms with Gasteiger partial charge in [0.2, 0.25) is 0 Å². The third kappa shape index (κ3) is 2.50. The van der Waals surface area contributed by atoms with Crippen LogP contribution in [0.2, 0.25) is 10.0 Å². The smallest absolute Gasteiger partial charge is 0.123 e. The molecule has 0 fully saturated rings. The van der Waals surface area contributed by atoms with Crippen LogP contribution in [0.15, 0.2) is 36.4 Å². The summed E-state index contributed by atoms with van der Waals surface area (Å²) in [5.41, 5.74) is 3.03. The van der Waals surface area contributed by atoms with Crippen molar-refractivity contribution in [1.29, 1.82) is 0 Å². The van der Waals surface area contributed by atoms with Crippen molar-refractivity contribution in [2.45, 2.75) is 24.8 Å². The number of benzene rings is 2. The van der Waals surface area contributed by atoms with Crippen LogP contribution in [0.5, 0.6) is 5.75 Å². The maximum absolute atomic E-state index is 6.56. The van der Waals surface area contributed by atoms with Gasteiger partial charge in [0.25, 0.3) is 0 Å². The van der Waals surface area contributed by atoms with E-state index in [2.05, 4.69) is 13.0 Å². The summed E-state index contributed by atoms with van der Waals surface area (Å²) < 4.78 is 5.70. The SMILES string of the molecule is CC1Cc2cc(C(Cl)c3cccc(Cl)c3Cl)ccc2O1. The van der Waals surface area contributed by atoms with Crippen LogP contribution in [0.3, 0.4) is 0 Å². The molecule has 20 heavy (non-hydrogen) atoms. The van der Waals surface area contributed by atoms with Gasteiger partial charge < -0.3 is 4.74 Å². The standard InChI is InChI=1S/C16H13Cl3O/c1-9-7-11-8-10(5-6-14(11)20-9)15(18)12-3-2-4-13(17)16(12)19/h2-6,8-9,15H,7H2,1H3. The highest BCUT2D eigenvalue weighted by Crippen LogP contribution is 2.39. The van der Waals surface area contributed by atoms with Gasteiger partial charge in [-0.25, -0.2) is 0 Å². The molecule has 4 heteroatoms. The first-order valence-corrected chi connectivity index (χ1v) is 7.63. The summed E-state index contributed by atoms with van der Waals surface area (Å²) in [4.78, 5) is 0. The van der Waals surface area contributed by atoms with Gasteiger partial charge in [0.15, 0.2) is 0 Å². The van der Waals surface area contributed by atoms with Gasteiger partial charge in [0, 0.05) is 6.42 Å². The molecule has 1 nitrogen and oxygen atoms in total. The highest BCUT2D eigenvalue weighted by atomic mass is 35.5. The maximum atomic E-state index is 6.56. The molecule has 3 rings (SSSR count). The van der Waals surface area contributed by atoms with Crippen LogP contribution in [-0.4, -0.2) is 6.10 Å². The molecule has 0 N–H and O–H groups in total. The van der Waals surface area contributed by atoms with Crippen LogP contribution in [-0.2, 0) is 6.42 Å². The van der Waals surface area contributed by atoms with Crippen molar-refractivity contribution < 1.29 is 4.74 Å². The Labute approximate surface area is 133 Å². The average molecular weight is 328 g/mol. The highest BCUT2D eigenvalue weighted by molar-refractivity contribution is 6.43. The van der Waals surface area contributed by atoms with Gasteiger partial charge in [-0.15, -0.1) is 11.6 Å². The Morgan fingerprint density at radius 2 is 2.00 bits per heavy atom. The molecular formula is C16H13Cl3O. The number of ether oxygens (including phenoxy) is 1. The van der Waals surface area contributed by atoms with Crippen LogP contribution in [0.1, 0.15) is 29.0 Å². The topological polar surface area (TPSA) is 9.23 Å². The van der Waals surface area contributed by atoms with Crippen molar-refractivity contribution in [2.75, 3.05) is 0 Å². The zero-order valence-corrected chi connectivity index (χ0v) is 13.1. The molecule has 0 aliphatic carbocycles. The Morgan fingerprint density at radius 3 is 2.80 bits per heavy atom. The lowest BCUT2D eigenvalue weighted by molar-refractivity contribution is 0.254. The predicted octanol–water partition coefficient (Wildman–Crippen LogP) is 5.65. The zero-order chi connectivity index (χ0) is 14.3. The summed E-state index contributed by atoms with van der Waals surface area (Å²) in [6.45, 7) is 2.06. The van der Waals surface area contributed by atoms with E-state index in [1.54, 1.807) is 6.07 Å². The van der Waals surface area contributed by atoms with Crippen LogP contribution in [0.4, 0.5) is 0 Å². The van der Waals surface area contributed by atoms with E-state index >= 15 is 0 Å². The quantitative estimate of drug-likeness (QED) is 0.648. The van der Waals surface area contributed by atoms with E-state index in [1.165, 1.54) is 5.56 Å². The molecule has 1 heterocycles.